The van der Waals surface area contributed by atoms with Gasteiger partial charge in [0.25, 0.3) is 0 Å². The largest absolute Gasteiger partial charge is 0.456 e. The molecule has 3 heterocycles. The lowest BCUT2D eigenvalue weighted by molar-refractivity contribution is 0.668. The van der Waals surface area contributed by atoms with Crippen LogP contribution in [-0.4, -0.2) is 15.0 Å². The zero-order valence-corrected chi connectivity index (χ0v) is 29.9. The summed E-state index contributed by atoms with van der Waals surface area (Å²) in [6.45, 7) is 0. The zero-order chi connectivity index (χ0) is 36.7. The maximum Gasteiger partial charge on any atom is 0.164 e. The Hall–Kier alpha value is -7.63. The molecule has 0 unspecified atom stereocenters. The lowest BCUT2D eigenvalue weighted by Crippen LogP contribution is -2.01. The van der Waals surface area contributed by atoms with Crippen molar-refractivity contribution < 1.29 is 8.83 Å². The first-order valence-corrected chi connectivity index (χ1v) is 18.8. The molecule has 0 radical (unpaired) electrons. The lowest BCUT2D eigenvalue weighted by atomic mass is 9.92. The number of benzene rings is 9. The van der Waals surface area contributed by atoms with Crippen LogP contribution in [0, 0.1) is 0 Å². The van der Waals surface area contributed by atoms with E-state index in [1.54, 1.807) is 0 Å². The fourth-order valence-corrected chi connectivity index (χ4v) is 8.60. The minimum Gasteiger partial charge on any atom is -0.456 e. The number of nitrogens with zero attached hydrogens (tertiary/aromatic N) is 3. The number of fused-ring (bicyclic) bond motifs is 11. The van der Waals surface area contributed by atoms with Gasteiger partial charge in [-0.15, -0.1) is 0 Å². The highest BCUT2D eigenvalue weighted by Crippen LogP contribution is 2.41. The summed E-state index contributed by atoms with van der Waals surface area (Å²) in [5, 5.41) is 11.4. The maximum absolute atomic E-state index is 6.30. The van der Waals surface area contributed by atoms with Gasteiger partial charge in [0.15, 0.2) is 17.5 Å². The molecule has 5 heteroatoms. The van der Waals surface area contributed by atoms with Gasteiger partial charge < -0.3 is 8.83 Å². The average Bonchev–Trinajstić information content (AvgIpc) is 3.85. The van der Waals surface area contributed by atoms with Crippen molar-refractivity contribution in [3.05, 3.63) is 176 Å². The molecule has 0 atom stereocenters. The molecule has 12 aromatic rings. The zero-order valence-electron chi connectivity index (χ0n) is 29.9. The van der Waals surface area contributed by atoms with Crippen molar-refractivity contribution in [3.8, 4) is 45.3 Å². The van der Waals surface area contributed by atoms with Crippen LogP contribution in [0.15, 0.2) is 185 Å². The summed E-state index contributed by atoms with van der Waals surface area (Å²) in [7, 11) is 0. The molecule has 0 aliphatic rings. The van der Waals surface area contributed by atoms with Crippen molar-refractivity contribution in [1.29, 1.82) is 0 Å². The molecule has 0 fully saturated rings. The molecule has 0 spiro atoms. The molecule has 0 bridgehead atoms. The number of rotatable bonds is 4. The van der Waals surface area contributed by atoms with Crippen LogP contribution in [0.5, 0.6) is 0 Å². The normalized spacial score (nSPS) is 11.9. The number of furan rings is 2. The first kappa shape index (κ1) is 30.8. The molecule has 9 aromatic carbocycles. The van der Waals surface area contributed by atoms with Crippen LogP contribution in [-0.2, 0) is 0 Å². The average molecular weight is 716 g/mol. The van der Waals surface area contributed by atoms with Gasteiger partial charge in [-0.25, -0.2) is 15.0 Å². The lowest BCUT2D eigenvalue weighted by Gasteiger charge is -2.13. The molecule has 260 valence electrons. The van der Waals surface area contributed by atoms with Crippen molar-refractivity contribution in [2.24, 2.45) is 0 Å². The Kier molecular flexibility index (Phi) is 6.56. The Morgan fingerprint density at radius 1 is 0.286 bits per heavy atom. The van der Waals surface area contributed by atoms with Gasteiger partial charge in [-0.2, -0.15) is 0 Å². The summed E-state index contributed by atoms with van der Waals surface area (Å²) in [4.78, 5) is 15.7. The SMILES string of the molecule is c1cc(-c2nc(-c3cccc4oc5ccccc5c34)nc(-c3cccc4oc5ccccc5c34)n2)cc(-c2cccc3c2ccc2c4ccccc4ccc32)c1. The van der Waals surface area contributed by atoms with Crippen LogP contribution >= 0.6 is 0 Å². The van der Waals surface area contributed by atoms with Crippen molar-refractivity contribution in [2.75, 3.05) is 0 Å². The molecule has 0 N–H and O–H groups in total. The minimum atomic E-state index is 0.571. The van der Waals surface area contributed by atoms with Crippen LogP contribution in [0.3, 0.4) is 0 Å². The van der Waals surface area contributed by atoms with Gasteiger partial charge in [-0.3, -0.25) is 0 Å². The second-order valence-corrected chi connectivity index (χ2v) is 14.3. The van der Waals surface area contributed by atoms with E-state index in [-0.39, 0.29) is 0 Å². The van der Waals surface area contributed by atoms with E-state index < -0.39 is 0 Å². The summed E-state index contributed by atoms with van der Waals surface area (Å²) in [5.74, 6) is 1.72. The smallest absolute Gasteiger partial charge is 0.164 e. The molecule has 56 heavy (non-hydrogen) atoms. The van der Waals surface area contributed by atoms with Gasteiger partial charge in [0, 0.05) is 38.2 Å². The van der Waals surface area contributed by atoms with E-state index in [1.165, 1.54) is 32.3 Å². The third-order valence-electron chi connectivity index (χ3n) is 11.1. The monoisotopic (exact) mass is 715 g/mol. The van der Waals surface area contributed by atoms with Gasteiger partial charge >= 0.3 is 0 Å². The highest BCUT2D eigenvalue weighted by molar-refractivity contribution is 6.19. The van der Waals surface area contributed by atoms with Crippen LogP contribution in [0.25, 0.3) is 121 Å². The van der Waals surface area contributed by atoms with Crippen molar-refractivity contribution in [2.45, 2.75) is 0 Å². The predicted molar refractivity (Wildman–Crippen MR) is 229 cm³/mol. The molecule has 3 aromatic heterocycles. The van der Waals surface area contributed by atoms with Gasteiger partial charge in [0.1, 0.15) is 22.3 Å². The standard InChI is InChI=1S/C51H29N3O2/c1-2-14-33-30(11-1)25-26-38-35-18-8-17-34(37(35)28-27-36(33)38)31-12-7-13-32(29-31)49-52-50(41-19-9-23-45-47(41)39-15-3-5-21-43(39)55-45)54-51(53-49)42-20-10-24-46-48(42)40-16-4-6-22-44(40)56-46/h1-29H. The second kappa shape index (κ2) is 11.9. The quantitative estimate of drug-likeness (QED) is 0.170. The van der Waals surface area contributed by atoms with Gasteiger partial charge in [-0.05, 0) is 73.8 Å². The van der Waals surface area contributed by atoms with Crippen molar-refractivity contribution >= 4 is 76.2 Å². The Labute approximate surface area is 320 Å². The third kappa shape index (κ3) is 4.64. The molecule has 0 aliphatic carbocycles. The number of hydrogen-bond donors (Lipinski definition) is 0. The third-order valence-corrected chi connectivity index (χ3v) is 11.1. The first-order chi connectivity index (χ1) is 27.7. The summed E-state index contributed by atoms with van der Waals surface area (Å²) < 4.78 is 12.6. The second-order valence-electron chi connectivity index (χ2n) is 14.3. The molecule has 5 nitrogen and oxygen atoms in total. The van der Waals surface area contributed by atoms with Crippen LogP contribution < -0.4 is 0 Å². The van der Waals surface area contributed by atoms with E-state index in [0.29, 0.717) is 17.5 Å². The van der Waals surface area contributed by atoms with Gasteiger partial charge in [0.05, 0.1) is 0 Å². The Morgan fingerprint density at radius 2 is 0.750 bits per heavy atom. The van der Waals surface area contributed by atoms with Crippen LogP contribution in [0.1, 0.15) is 0 Å². The molecule has 0 aliphatic heterocycles. The maximum atomic E-state index is 6.30. The number of aromatic nitrogens is 3. The number of hydrogen-bond acceptors (Lipinski definition) is 5. The van der Waals surface area contributed by atoms with E-state index >= 15 is 0 Å². The highest BCUT2D eigenvalue weighted by Gasteiger charge is 2.21. The Balaban J connectivity index is 1.09. The molecular formula is C51H29N3O2. The Bertz CT molecular complexity index is 3430. The van der Waals surface area contributed by atoms with Gasteiger partial charge in [-0.1, -0.05) is 146 Å². The molecule has 0 saturated carbocycles. The fraction of sp³-hybridized carbons (Fsp3) is 0. The predicted octanol–water partition coefficient (Wildman–Crippen LogP) is 13.8. The van der Waals surface area contributed by atoms with Gasteiger partial charge in [0.2, 0.25) is 0 Å². The van der Waals surface area contributed by atoms with E-state index in [0.717, 1.165) is 71.7 Å². The molecular weight excluding hydrogens is 687 g/mol. The summed E-state index contributed by atoms with van der Waals surface area (Å²) in [5.41, 5.74) is 8.11. The van der Waals surface area contributed by atoms with Crippen LogP contribution in [0.4, 0.5) is 0 Å². The van der Waals surface area contributed by atoms with E-state index in [4.69, 9.17) is 23.8 Å². The molecule has 0 amide bonds. The van der Waals surface area contributed by atoms with E-state index in [1.807, 2.05) is 60.7 Å². The topological polar surface area (TPSA) is 65.0 Å². The minimum absolute atomic E-state index is 0.571. The Morgan fingerprint density at radius 3 is 1.46 bits per heavy atom. The van der Waals surface area contributed by atoms with Crippen molar-refractivity contribution in [3.63, 3.8) is 0 Å². The van der Waals surface area contributed by atoms with Crippen molar-refractivity contribution in [1.82, 2.24) is 15.0 Å². The molecule has 12 rings (SSSR count). The van der Waals surface area contributed by atoms with Crippen LogP contribution in [0.2, 0.25) is 0 Å². The number of para-hydroxylation sites is 2. The summed E-state index contributed by atoms with van der Waals surface area (Å²) in [6.07, 6.45) is 0. The van der Waals surface area contributed by atoms with E-state index in [2.05, 4.69) is 115 Å². The molecule has 0 saturated heterocycles. The van der Waals surface area contributed by atoms with E-state index in [9.17, 15) is 0 Å². The highest BCUT2D eigenvalue weighted by atomic mass is 16.3. The summed E-state index contributed by atoms with van der Waals surface area (Å²) >= 11 is 0. The first-order valence-electron chi connectivity index (χ1n) is 18.8. The summed E-state index contributed by atoms with van der Waals surface area (Å²) in [6, 6.07) is 61.1. The fourth-order valence-electron chi connectivity index (χ4n) is 8.60.